The monoisotopic (exact) mass is 511 g/mol. The van der Waals surface area contributed by atoms with Crippen molar-refractivity contribution >= 4 is 16.7 Å². The first kappa shape index (κ1) is 25.9. The number of benzene rings is 2. The number of alkyl halides is 3. The van der Waals surface area contributed by atoms with Gasteiger partial charge in [-0.3, -0.25) is 0 Å². The van der Waals surface area contributed by atoms with E-state index in [4.69, 9.17) is 14.2 Å². The fraction of sp³-hybridized carbons (Fsp3) is 0.440. The molecule has 2 aromatic carbocycles. The molecule has 0 spiro atoms. The molecule has 11 heteroatoms. The molecule has 0 radical (unpaired) electrons. The molecule has 3 atom stereocenters. The van der Waals surface area contributed by atoms with E-state index in [1.54, 1.807) is 19.1 Å². The standard InChI is InChI=1S/C25H26F5N3O3/c1-12(16-8-15(26)9-18(23(16)27)25(28,29)30)31-24-17-10-22(36-13(2)20-6-5-7-35-20)21(34-4)11-19(17)32-14(3)33-24/h8-13,20H,5-7H2,1-4H3,(H,31,32,33)/t12-,13?,20-/m1/s1. The van der Waals surface area contributed by atoms with Crippen molar-refractivity contribution in [1.29, 1.82) is 0 Å². The summed E-state index contributed by atoms with van der Waals surface area (Å²) in [6.07, 6.45) is -3.58. The third-order valence-electron chi connectivity index (χ3n) is 6.08. The van der Waals surface area contributed by atoms with Crippen LogP contribution >= 0.6 is 0 Å². The molecule has 1 aliphatic heterocycles. The van der Waals surface area contributed by atoms with Crippen molar-refractivity contribution < 1.29 is 36.2 Å². The van der Waals surface area contributed by atoms with E-state index in [0.29, 0.717) is 34.8 Å². The van der Waals surface area contributed by atoms with Crippen molar-refractivity contribution in [2.24, 2.45) is 0 Å². The number of fused-ring (bicyclic) bond motifs is 1. The zero-order valence-electron chi connectivity index (χ0n) is 20.2. The highest BCUT2D eigenvalue weighted by Gasteiger charge is 2.36. The van der Waals surface area contributed by atoms with Crippen LogP contribution in [0.25, 0.3) is 10.9 Å². The van der Waals surface area contributed by atoms with Gasteiger partial charge in [0, 0.05) is 23.6 Å². The Morgan fingerprint density at radius 2 is 1.83 bits per heavy atom. The number of nitrogens with zero attached hydrogens (tertiary/aromatic N) is 2. The molecule has 0 bridgehead atoms. The fourth-order valence-corrected chi connectivity index (χ4v) is 4.28. The van der Waals surface area contributed by atoms with Crippen LogP contribution in [-0.2, 0) is 10.9 Å². The lowest BCUT2D eigenvalue weighted by Crippen LogP contribution is -2.28. The van der Waals surface area contributed by atoms with Crippen molar-refractivity contribution in [3.63, 3.8) is 0 Å². The summed E-state index contributed by atoms with van der Waals surface area (Å²) in [6.45, 7) is 5.61. The molecule has 1 unspecified atom stereocenters. The molecule has 1 saturated heterocycles. The predicted octanol–water partition coefficient (Wildman–Crippen LogP) is 6.36. The molecule has 194 valence electrons. The quantitative estimate of drug-likeness (QED) is 0.372. The molecule has 2 heterocycles. The Morgan fingerprint density at radius 1 is 1.08 bits per heavy atom. The van der Waals surface area contributed by atoms with Gasteiger partial charge in [-0.25, -0.2) is 18.7 Å². The van der Waals surface area contributed by atoms with E-state index in [2.05, 4.69) is 15.3 Å². The molecule has 0 aliphatic carbocycles. The maximum atomic E-state index is 14.7. The highest BCUT2D eigenvalue weighted by atomic mass is 19.4. The predicted molar refractivity (Wildman–Crippen MR) is 123 cm³/mol. The first-order valence-electron chi connectivity index (χ1n) is 11.4. The molecule has 3 aromatic rings. The number of rotatable bonds is 7. The van der Waals surface area contributed by atoms with Gasteiger partial charge in [0.1, 0.15) is 29.4 Å². The van der Waals surface area contributed by atoms with Gasteiger partial charge in [0.15, 0.2) is 11.5 Å². The number of hydrogen-bond donors (Lipinski definition) is 1. The average molecular weight is 511 g/mol. The topological polar surface area (TPSA) is 65.5 Å². The second kappa shape index (κ2) is 10.0. The third kappa shape index (κ3) is 5.30. The highest BCUT2D eigenvalue weighted by Crippen LogP contribution is 2.38. The van der Waals surface area contributed by atoms with Crippen LogP contribution in [0.1, 0.15) is 49.7 Å². The van der Waals surface area contributed by atoms with Gasteiger partial charge in [0.05, 0.1) is 30.3 Å². The number of methoxy groups -OCH3 is 1. The Bertz CT molecular complexity index is 1260. The molecule has 0 saturated carbocycles. The molecule has 1 N–H and O–H groups in total. The van der Waals surface area contributed by atoms with Crippen LogP contribution in [-0.4, -0.2) is 35.9 Å². The minimum Gasteiger partial charge on any atom is -0.493 e. The number of anilines is 1. The Morgan fingerprint density at radius 3 is 2.47 bits per heavy atom. The van der Waals surface area contributed by atoms with Crippen molar-refractivity contribution in [2.45, 2.75) is 58.0 Å². The number of nitrogens with one attached hydrogen (secondary N) is 1. The van der Waals surface area contributed by atoms with Crippen LogP contribution in [0.15, 0.2) is 24.3 Å². The van der Waals surface area contributed by atoms with E-state index in [-0.39, 0.29) is 24.1 Å². The molecule has 6 nitrogen and oxygen atoms in total. The van der Waals surface area contributed by atoms with Crippen LogP contribution in [0.2, 0.25) is 0 Å². The minimum absolute atomic E-state index is 0.0731. The van der Waals surface area contributed by atoms with E-state index in [1.807, 2.05) is 6.92 Å². The summed E-state index contributed by atoms with van der Waals surface area (Å²) in [7, 11) is 1.49. The third-order valence-corrected chi connectivity index (χ3v) is 6.08. The van der Waals surface area contributed by atoms with Gasteiger partial charge < -0.3 is 19.5 Å². The average Bonchev–Trinajstić information content (AvgIpc) is 3.34. The van der Waals surface area contributed by atoms with Gasteiger partial charge in [-0.2, -0.15) is 13.2 Å². The molecule has 1 aliphatic rings. The Labute approximate surface area is 204 Å². The molecule has 1 aromatic heterocycles. The summed E-state index contributed by atoms with van der Waals surface area (Å²) in [5, 5.41) is 3.38. The largest absolute Gasteiger partial charge is 0.493 e. The van der Waals surface area contributed by atoms with Gasteiger partial charge in [-0.05, 0) is 51.8 Å². The van der Waals surface area contributed by atoms with Crippen molar-refractivity contribution in [1.82, 2.24) is 9.97 Å². The van der Waals surface area contributed by atoms with E-state index in [9.17, 15) is 22.0 Å². The van der Waals surface area contributed by atoms with Crippen LogP contribution < -0.4 is 14.8 Å². The summed E-state index contributed by atoms with van der Waals surface area (Å²) >= 11 is 0. The van der Waals surface area contributed by atoms with Crippen molar-refractivity contribution in [3.8, 4) is 11.5 Å². The zero-order chi connectivity index (χ0) is 26.2. The Balaban J connectivity index is 1.73. The van der Waals surface area contributed by atoms with Crippen LogP contribution in [0.5, 0.6) is 11.5 Å². The molecule has 4 rings (SSSR count). The zero-order valence-corrected chi connectivity index (χ0v) is 20.2. The Kier molecular flexibility index (Phi) is 7.21. The van der Waals surface area contributed by atoms with Gasteiger partial charge in [0.25, 0.3) is 0 Å². The Hall–Kier alpha value is -3.21. The summed E-state index contributed by atoms with van der Waals surface area (Å²) in [5.74, 6) is -1.34. The fourth-order valence-electron chi connectivity index (χ4n) is 4.28. The second-order valence-electron chi connectivity index (χ2n) is 8.73. The van der Waals surface area contributed by atoms with E-state index in [0.717, 1.165) is 18.9 Å². The van der Waals surface area contributed by atoms with E-state index in [1.165, 1.54) is 14.0 Å². The lowest BCUT2D eigenvalue weighted by atomic mass is 10.0. The lowest BCUT2D eigenvalue weighted by Gasteiger charge is -2.23. The van der Waals surface area contributed by atoms with Crippen LogP contribution in [0.4, 0.5) is 27.8 Å². The maximum absolute atomic E-state index is 14.7. The van der Waals surface area contributed by atoms with Crippen LogP contribution in [0, 0.1) is 18.6 Å². The number of hydrogen-bond acceptors (Lipinski definition) is 6. The van der Waals surface area contributed by atoms with Gasteiger partial charge in [0.2, 0.25) is 0 Å². The molecular formula is C25H26F5N3O3. The lowest BCUT2D eigenvalue weighted by molar-refractivity contribution is -0.140. The van der Waals surface area contributed by atoms with Crippen molar-refractivity contribution in [3.05, 3.63) is 52.9 Å². The molecule has 36 heavy (non-hydrogen) atoms. The SMILES string of the molecule is COc1cc2nc(C)nc(N[C@H](C)c3cc(F)cc(C(F)(F)F)c3F)c2cc1OC(C)[C@H]1CCCO1. The summed E-state index contributed by atoms with van der Waals surface area (Å²) < 4.78 is 85.6. The van der Waals surface area contributed by atoms with Gasteiger partial charge in [-0.15, -0.1) is 0 Å². The van der Waals surface area contributed by atoms with E-state index >= 15 is 0 Å². The normalized spacial score (nSPS) is 17.8. The number of ether oxygens (including phenoxy) is 3. The first-order chi connectivity index (χ1) is 17.0. The number of aromatic nitrogens is 2. The number of aryl methyl sites for hydroxylation is 1. The number of halogens is 5. The maximum Gasteiger partial charge on any atom is 0.419 e. The second-order valence-corrected chi connectivity index (χ2v) is 8.73. The smallest absolute Gasteiger partial charge is 0.419 e. The van der Waals surface area contributed by atoms with Gasteiger partial charge in [-0.1, -0.05) is 0 Å². The molecule has 0 amide bonds. The highest BCUT2D eigenvalue weighted by molar-refractivity contribution is 5.92. The van der Waals surface area contributed by atoms with Crippen LogP contribution in [0.3, 0.4) is 0 Å². The van der Waals surface area contributed by atoms with Crippen molar-refractivity contribution in [2.75, 3.05) is 19.0 Å². The first-order valence-corrected chi connectivity index (χ1v) is 11.4. The minimum atomic E-state index is -5.04. The summed E-state index contributed by atoms with van der Waals surface area (Å²) in [5.41, 5.74) is -1.68. The molecular weight excluding hydrogens is 485 g/mol. The molecule has 1 fully saturated rings. The summed E-state index contributed by atoms with van der Waals surface area (Å²) in [4.78, 5) is 8.77. The van der Waals surface area contributed by atoms with E-state index < -0.39 is 35.0 Å². The van der Waals surface area contributed by atoms with Gasteiger partial charge >= 0.3 is 6.18 Å². The summed E-state index contributed by atoms with van der Waals surface area (Å²) in [6, 6.07) is 3.12.